The zero-order valence-corrected chi connectivity index (χ0v) is 12.2. The fraction of sp³-hybridized carbons (Fsp3) is 0.438. The van der Waals surface area contributed by atoms with Crippen LogP contribution >= 0.6 is 0 Å². The Morgan fingerprint density at radius 3 is 2.65 bits per heavy atom. The molecule has 1 aliphatic rings. The predicted molar refractivity (Wildman–Crippen MR) is 75.7 cm³/mol. The van der Waals surface area contributed by atoms with Gasteiger partial charge in [0.1, 0.15) is 11.4 Å². The van der Waals surface area contributed by atoms with Gasteiger partial charge in [0.15, 0.2) is 6.10 Å². The first-order valence-corrected chi connectivity index (χ1v) is 6.68. The third kappa shape index (κ3) is 2.30. The minimum Gasteiger partial charge on any atom is -0.481 e. The molecule has 4 heteroatoms. The van der Waals surface area contributed by atoms with E-state index in [-0.39, 0.29) is 12.0 Å². The molecule has 3 nitrogen and oxygen atoms in total. The van der Waals surface area contributed by atoms with Crippen LogP contribution < -0.4 is 4.74 Å². The van der Waals surface area contributed by atoms with E-state index in [1.807, 2.05) is 19.9 Å². The van der Waals surface area contributed by atoms with Crippen molar-refractivity contribution >= 4 is 12.0 Å². The number of carboxylic acids is 1. The van der Waals surface area contributed by atoms with Gasteiger partial charge in [-0.2, -0.15) is 0 Å². The predicted octanol–water partition coefficient (Wildman–Crippen LogP) is 3.67. The van der Waals surface area contributed by atoms with Crippen LogP contribution in [0.4, 0.5) is 4.39 Å². The number of benzene rings is 1. The largest absolute Gasteiger partial charge is 0.481 e. The number of aliphatic carboxylic acids is 1. The van der Waals surface area contributed by atoms with Gasteiger partial charge in [0.25, 0.3) is 0 Å². The van der Waals surface area contributed by atoms with Gasteiger partial charge in [-0.05, 0) is 44.4 Å². The standard InChI is InChI=1S/C16H19FO3/c1-5-16(4,17)14-12(15(18)19)8-11-7-6-9(2)10(3)13(11)20-14/h6-8,14H,5H2,1-4H3,(H,18,19). The van der Waals surface area contributed by atoms with Crippen molar-refractivity contribution in [2.24, 2.45) is 0 Å². The topological polar surface area (TPSA) is 46.5 Å². The summed E-state index contributed by atoms with van der Waals surface area (Å²) in [5, 5.41) is 9.30. The second-order valence-corrected chi connectivity index (χ2v) is 5.46. The van der Waals surface area contributed by atoms with E-state index in [9.17, 15) is 14.3 Å². The zero-order chi connectivity index (χ0) is 15.1. The minimum atomic E-state index is -1.72. The maximum Gasteiger partial charge on any atom is 0.335 e. The molecule has 2 atom stereocenters. The van der Waals surface area contributed by atoms with Crippen molar-refractivity contribution in [2.45, 2.75) is 45.9 Å². The molecule has 0 radical (unpaired) electrons. The highest BCUT2D eigenvalue weighted by Gasteiger charge is 2.42. The fourth-order valence-corrected chi connectivity index (χ4v) is 2.31. The van der Waals surface area contributed by atoms with Crippen molar-refractivity contribution < 1.29 is 19.0 Å². The quantitative estimate of drug-likeness (QED) is 0.917. The highest BCUT2D eigenvalue weighted by molar-refractivity contribution is 5.95. The molecule has 1 aliphatic heterocycles. The van der Waals surface area contributed by atoms with Crippen molar-refractivity contribution in [2.75, 3.05) is 0 Å². The Balaban J connectivity index is 2.59. The number of halogens is 1. The average Bonchev–Trinajstić information content (AvgIpc) is 2.41. The highest BCUT2D eigenvalue weighted by atomic mass is 19.1. The Morgan fingerprint density at radius 2 is 2.10 bits per heavy atom. The molecule has 1 aromatic rings. The first kappa shape index (κ1) is 14.6. The van der Waals surface area contributed by atoms with Gasteiger partial charge in [-0.3, -0.25) is 0 Å². The van der Waals surface area contributed by atoms with Crippen LogP contribution in [0.3, 0.4) is 0 Å². The molecule has 1 N–H and O–H groups in total. The Bertz CT molecular complexity index is 588. The summed E-state index contributed by atoms with van der Waals surface area (Å²) in [5.41, 5.74) is 0.881. The lowest BCUT2D eigenvalue weighted by atomic mass is 9.88. The number of alkyl halides is 1. The molecule has 20 heavy (non-hydrogen) atoms. The number of rotatable bonds is 3. The number of carboxylic acid groups (broad SMARTS) is 1. The van der Waals surface area contributed by atoms with E-state index in [0.29, 0.717) is 11.3 Å². The molecule has 0 saturated heterocycles. The Labute approximate surface area is 118 Å². The highest BCUT2D eigenvalue weighted by Crippen LogP contribution is 2.39. The Hall–Kier alpha value is -1.84. The smallest absolute Gasteiger partial charge is 0.335 e. The van der Waals surface area contributed by atoms with E-state index in [4.69, 9.17) is 4.74 Å². The van der Waals surface area contributed by atoms with E-state index < -0.39 is 17.7 Å². The molecule has 0 amide bonds. The second kappa shape index (κ2) is 4.93. The summed E-state index contributed by atoms with van der Waals surface area (Å²) < 4.78 is 20.4. The van der Waals surface area contributed by atoms with Crippen molar-refractivity contribution in [3.8, 4) is 5.75 Å². The summed E-state index contributed by atoms with van der Waals surface area (Å²) in [6.07, 6.45) is 0.617. The summed E-state index contributed by atoms with van der Waals surface area (Å²) in [6.45, 7) is 6.90. The van der Waals surface area contributed by atoms with E-state index in [2.05, 4.69) is 0 Å². The zero-order valence-electron chi connectivity index (χ0n) is 12.2. The van der Waals surface area contributed by atoms with Crippen molar-refractivity contribution in [3.05, 3.63) is 34.4 Å². The summed E-state index contributed by atoms with van der Waals surface area (Å²) in [5.74, 6) is -0.562. The van der Waals surface area contributed by atoms with Crippen molar-refractivity contribution in [3.63, 3.8) is 0 Å². The average molecular weight is 278 g/mol. The second-order valence-electron chi connectivity index (χ2n) is 5.46. The third-order valence-corrected chi connectivity index (χ3v) is 4.02. The van der Waals surface area contributed by atoms with Gasteiger partial charge in [-0.25, -0.2) is 9.18 Å². The van der Waals surface area contributed by atoms with Gasteiger partial charge < -0.3 is 9.84 Å². The molecule has 0 aliphatic carbocycles. The van der Waals surface area contributed by atoms with E-state index in [0.717, 1.165) is 11.1 Å². The maximum absolute atomic E-state index is 14.6. The monoisotopic (exact) mass is 278 g/mol. The van der Waals surface area contributed by atoms with Crippen LogP contribution in [0.15, 0.2) is 17.7 Å². The summed E-state index contributed by atoms with van der Waals surface area (Å²) in [7, 11) is 0. The molecular formula is C16H19FO3. The number of aryl methyl sites for hydroxylation is 1. The van der Waals surface area contributed by atoms with Gasteiger partial charge in [0.2, 0.25) is 0 Å². The van der Waals surface area contributed by atoms with E-state index in [1.54, 1.807) is 13.0 Å². The lowest BCUT2D eigenvalue weighted by molar-refractivity contribution is -0.134. The van der Waals surface area contributed by atoms with Gasteiger partial charge in [-0.1, -0.05) is 19.1 Å². The number of carbonyl (C=O) groups is 1. The van der Waals surface area contributed by atoms with Crippen LogP contribution in [0.25, 0.3) is 6.08 Å². The Morgan fingerprint density at radius 1 is 1.45 bits per heavy atom. The van der Waals surface area contributed by atoms with Gasteiger partial charge in [0, 0.05) is 5.56 Å². The molecule has 2 rings (SSSR count). The fourth-order valence-electron chi connectivity index (χ4n) is 2.31. The van der Waals surface area contributed by atoms with Gasteiger partial charge in [0.05, 0.1) is 5.57 Å². The molecule has 1 heterocycles. The van der Waals surface area contributed by atoms with E-state index in [1.165, 1.54) is 13.0 Å². The first-order valence-electron chi connectivity index (χ1n) is 6.68. The molecule has 0 fully saturated rings. The normalized spacial score (nSPS) is 20.4. The van der Waals surface area contributed by atoms with Gasteiger partial charge in [-0.15, -0.1) is 0 Å². The molecule has 0 bridgehead atoms. The van der Waals surface area contributed by atoms with Crippen molar-refractivity contribution in [1.29, 1.82) is 0 Å². The molecule has 2 unspecified atom stereocenters. The van der Waals surface area contributed by atoms with Gasteiger partial charge >= 0.3 is 5.97 Å². The van der Waals surface area contributed by atoms with E-state index >= 15 is 0 Å². The SMILES string of the molecule is CCC(C)(F)C1Oc2c(ccc(C)c2C)C=C1C(=O)O. The van der Waals surface area contributed by atoms with Crippen LogP contribution in [-0.4, -0.2) is 22.8 Å². The Kier molecular flexibility index (Phi) is 3.59. The summed E-state index contributed by atoms with van der Waals surface area (Å²) >= 11 is 0. The lowest BCUT2D eigenvalue weighted by Gasteiger charge is -2.34. The number of hydrogen-bond acceptors (Lipinski definition) is 2. The molecule has 108 valence electrons. The third-order valence-electron chi connectivity index (χ3n) is 4.02. The summed E-state index contributed by atoms with van der Waals surface area (Å²) in [4.78, 5) is 11.4. The van der Waals surface area contributed by atoms with Crippen LogP contribution in [0, 0.1) is 13.8 Å². The van der Waals surface area contributed by atoms with Crippen LogP contribution in [0.5, 0.6) is 5.75 Å². The molecule has 0 saturated carbocycles. The molecule has 0 spiro atoms. The number of fused-ring (bicyclic) bond motifs is 1. The van der Waals surface area contributed by atoms with Crippen LogP contribution in [0.1, 0.15) is 37.0 Å². The minimum absolute atomic E-state index is 0.0346. The maximum atomic E-state index is 14.6. The lowest BCUT2D eigenvalue weighted by Crippen LogP contribution is -2.44. The van der Waals surface area contributed by atoms with Crippen molar-refractivity contribution in [1.82, 2.24) is 0 Å². The van der Waals surface area contributed by atoms with Crippen LogP contribution in [-0.2, 0) is 4.79 Å². The first-order chi connectivity index (χ1) is 9.27. The number of ether oxygens (including phenoxy) is 1. The molecule has 1 aromatic carbocycles. The molecule has 0 aromatic heterocycles. The van der Waals surface area contributed by atoms with Crippen LogP contribution in [0.2, 0.25) is 0 Å². The number of hydrogen-bond donors (Lipinski definition) is 1. The molecular weight excluding hydrogens is 259 g/mol. The summed E-state index contributed by atoms with van der Waals surface area (Å²) in [6, 6.07) is 3.71.